The molecule has 0 unspecified atom stereocenters. The van der Waals surface area contributed by atoms with E-state index in [0.717, 1.165) is 75.2 Å². The Morgan fingerprint density at radius 1 is 0.701 bits per heavy atom. The van der Waals surface area contributed by atoms with Gasteiger partial charge < -0.3 is 145 Å². The summed E-state index contributed by atoms with van der Waals surface area (Å²) in [5.41, 5.74) is 30.4. The highest BCUT2D eigenvalue weighted by Crippen LogP contribution is 2.35. The Morgan fingerprint density at radius 2 is 1.37 bits per heavy atom. The van der Waals surface area contributed by atoms with Crippen molar-refractivity contribution < 1.29 is 112 Å². The quantitative estimate of drug-likeness (QED) is 0.0160. The van der Waals surface area contributed by atoms with Gasteiger partial charge in [0.25, 0.3) is 11.8 Å². The zero-order valence-electron chi connectivity index (χ0n) is 65.1. The second-order valence-corrected chi connectivity index (χ2v) is 29.8. The largest absolute Gasteiger partial charge is 0.497 e. The average Bonchev–Trinajstić information content (AvgIpc) is 1.09. The molecule has 0 radical (unpaired) electrons. The van der Waals surface area contributed by atoms with Crippen molar-refractivity contribution in [1.82, 2.24) is 72.0 Å². The van der Waals surface area contributed by atoms with Crippen LogP contribution in [0.5, 0.6) is 11.5 Å². The number of nitrogens with two attached hydrogens (primary N) is 5. The second kappa shape index (κ2) is 44.8. The number of carbonyl (C=O) groups excluding carboxylic acids is 8. The highest BCUT2D eigenvalue weighted by Gasteiger charge is 2.54. The number of imidazole rings is 1. The van der Waals surface area contributed by atoms with Crippen molar-refractivity contribution >= 4 is 75.9 Å². The number of benzene rings is 2. The zero-order valence-corrected chi connectivity index (χ0v) is 66.7. The lowest BCUT2D eigenvalue weighted by Gasteiger charge is -2.47. The van der Waals surface area contributed by atoms with Crippen molar-refractivity contribution in [3.63, 3.8) is 0 Å². The highest BCUT2D eigenvalue weighted by molar-refractivity contribution is 7.14. The van der Waals surface area contributed by atoms with E-state index < -0.39 is 183 Å². The Bertz CT molecular complexity index is 4210. The first kappa shape index (κ1) is 92.8. The summed E-state index contributed by atoms with van der Waals surface area (Å²) in [5, 5.41) is 112. The van der Waals surface area contributed by atoms with E-state index in [1.165, 1.54) is 55.9 Å². The van der Waals surface area contributed by atoms with Gasteiger partial charge in [0.05, 0.1) is 86.9 Å². The summed E-state index contributed by atoms with van der Waals surface area (Å²) >= 11 is 2.51. The number of aliphatic hydroxyl groups is 8. The Hall–Kier alpha value is -9.69. The molecule has 8 amide bonds. The summed E-state index contributed by atoms with van der Waals surface area (Å²) < 4.78 is 39.5. The fraction of sp³-hybridized carbons (Fsp3) is 0.548. The number of aromatic amines is 1. The van der Waals surface area contributed by atoms with Crippen LogP contribution in [0.25, 0.3) is 10.7 Å². The number of hydrogen-bond acceptors (Lipinski definition) is 35. The van der Waals surface area contributed by atoms with Gasteiger partial charge in [-0.05, 0) is 88.5 Å². The van der Waals surface area contributed by atoms with E-state index in [-0.39, 0.29) is 54.0 Å². The number of rotatable bonds is 46. The Labute approximate surface area is 680 Å². The fourth-order valence-corrected chi connectivity index (χ4v) is 14.2. The predicted octanol–water partition coefficient (Wildman–Crippen LogP) is -4.49. The zero-order chi connectivity index (χ0) is 85.3. The number of unbranched alkanes of at least 4 members (excludes halogenated alkanes) is 1. The van der Waals surface area contributed by atoms with Crippen LogP contribution in [-0.4, -0.2) is 288 Å². The van der Waals surface area contributed by atoms with Gasteiger partial charge in [0.1, 0.15) is 106 Å². The SMILES string of the molecule is COc1ccc(CNCCCCN(CCCNC(=O)c2csc(-c3csc(CCNC(=O)[C@@H](NC(=O)[C@@H](C)[C@H](O)[C@@H](C)NC(=O)[C@@H](NC(=O)c4nc([C@H](CC(N)=O)NC[C@H](N)C(N)=O)nc(N)c4C)[C@@H](O[C@@H]4O[C@@H](CO)[C@@H](O)[C@H](O)[C@@H]4O[C@H]4O[C@H](CO)[C@@H](O)[C@H](OC(N)=O)[C@@H]4O)c4cnc[nH]4)[C@@H](C)O)n3)n2)Cc2ccc(OC)cc2)cc1. The second-order valence-electron chi connectivity index (χ2n) is 28.0. The molecule has 8 rings (SSSR count). The monoisotopic (exact) mass is 1680 g/mol. The minimum absolute atomic E-state index is 0.0296. The molecule has 2 aliphatic rings. The predicted molar refractivity (Wildman–Crippen MR) is 417 cm³/mol. The Balaban J connectivity index is 0.918. The molecule has 2 aliphatic heterocycles. The van der Waals surface area contributed by atoms with Crippen molar-refractivity contribution in [2.75, 3.05) is 72.4 Å². The van der Waals surface area contributed by atoms with Gasteiger partial charge in [-0.3, -0.25) is 38.5 Å². The molecule has 4 aromatic heterocycles. The lowest BCUT2D eigenvalue weighted by molar-refractivity contribution is -0.372. The summed E-state index contributed by atoms with van der Waals surface area (Å²) in [6, 6.07) is 8.01. The molecular formula is C73H105N19O23S2. The number of ether oxygens (including phenoxy) is 7. The molecule has 0 bridgehead atoms. The number of carbonyl (C=O) groups is 8. The molecule has 6 aromatic rings. The van der Waals surface area contributed by atoms with Gasteiger partial charge in [0, 0.05) is 68.4 Å². The first-order valence-corrected chi connectivity index (χ1v) is 39.2. The van der Waals surface area contributed by atoms with Gasteiger partial charge in [-0.25, -0.2) is 29.7 Å². The van der Waals surface area contributed by atoms with Crippen molar-refractivity contribution in [3.05, 3.63) is 116 Å². The molecular weight excluding hydrogens is 1580 g/mol. The number of aromatic nitrogens is 6. The molecule has 2 aromatic carbocycles. The normalized spacial score (nSPS) is 21.7. The molecule has 44 heteroatoms. The minimum Gasteiger partial charge on any atom is -0.497 e. The van der Waals surface area contributed by atoms with Crippen LogP contribution in [0.2, 0.25) is 0 Å². The number of amides is 8. The van der Waals surface area contributed by atoms with Gasteiger partial charge in [0.2, 0.25) is 29.5 Å². The van der Waals surface area contributed by atoms with Crippen molar-refractivity contribution in [2.45, 2.75) is 183 Å². The number of anilines is 1. The molecule has 2 saturated heterocycles. The Kier molecular flexibility index (Phi) is 35.5. The molecule has 42 nitrogen and oxygen atoms in total. The third kappa shape index (κ3) is 26.2. The van der Waals surface area contributed by atoms with Crippen LogP contribution in [-0.2, 0) is 67.2 Å². The van der Waals surface area contributed by atoms with E-state index in [2.05, 4.69) is 72.0 Å². The van der Waals surface area contributed by atoms with E-state index in [4.69, 9.17) is 61.8 Å². The van der Waals surface area contributed by atoms with Gasteiger partial charge in [-0.2, -0.15) is 0 Å². The number of nitrogens with zero attached hydrogens (tertiary/aromatic N) is 6. The summed E-state index contributed by atoms with van der Waals surface area (Å²) in [6.45, 7) is 6.94. The maximum Gasteiger partial charge on any atom is 0.404 e. The molecule has 0 aliphatic carbocycles. The number of H-pyrrole nitrogens is 1. The Morgan fingerprint density at radius 3 is 2.00 bits per heavy atom. The van der Waals surface area contributed by atoms with E-state index in [1.807, 2.05) is 48.5 Å². The molecule has 6 heterocycles. The summed E-state index contributed by atoms with van der Waals surface area (Å²) in [5.74, 6) is -7.21. The molecule has 117 heavy (non-hydrogen) atoms. The van der Waals surface area contributed by atoms with E-state index >= 15 is 9.59 Å². The van der Waals surface area contributed by atoms with Crippen LogP contribution in [0.3, 0.4) is 0 Å². The van der Waals surface area contributed by atoms with Gasteiger partial charge >= 0.3 is 6.09 Å². The van der Waals surface area contributed by atoms with Crippen LogP contribution in [0, 0.1) is 12.8 Å². The van der Waals surface area contributed by atoms with Crippen molar-refractivity contribution in [1.29, 1.82) is 0 Å². The maximum atomic E-state index is 15.3. The van der Waals surface area contributed by atoms with Crippen LogP contribution in [0.15, 0.2) is 71.8 Å². The van der Waals surface area contributed by atoms with Gasteiger partial charge in [0.15, 0.2) is 18.7 Å². The van der Waals surface area contributed by atoms with E-state index in [1.54, 1.807) is 25.0 Å². The topological polar surface area (TPSA) is 661 Å². The first-order chi connectivity index (χ1) is 55.8. The molecule has 26 N–H and O–H groups in total. The smallest absolute Gasteiger partial charge is 0.404 e. The van der Waals surface area contributed by atoms with Crippen LogP contribution < -0.4 is 75.4 Å². The standard InChI is InChI=1S/C73H105N19O23S2/c1-34-51(88-64(91-62(34)76)43(24-49(75)96)83-26-42(74)63(77)102)68(106)90-53(59(44-27-80-33-84-44)113-72-61(57(100)55(98)47(29-93)112-72)114-71-58(101)60(115-73(78)108)56(99)48(30-94)111-71)69(107)85-36(3)54(97)35(2)65(103)89-52(37(4)95)67(105)82-21-18-50-86-46(32-116-50)70-87-45(31-117-70)66(104)81-20-9-23-92(28-39-12-16-41(110-6)17-13-39)22-8-7-19-79-25-38-10-14-40(109-5)15-11-38/h10-17,27,31-33,35-37,42-43,47-48,52-61,71-72,79,83,93-95,97-101H,7-9,18-26,28-30,74H2,1-6H3,(H2,75,96)(H2,77,102)(H2,78,108)(H,80,84)(H,81,104)(H,82,105)(H,85,107)(H,89,103)(H,90,106)(H2,76,88,91)/t35-,36+,37+,42-,43-,47-,48+,52-,53-,54-,55+,56+,57-,58-,59-,60-,61-,71+,72-/m0/s1. The third-order valence-electron chi connectivity index (χ3n) is 19.3. The van der Waals surface area contributed by atoms with Crippen molar-refractivity contribution in [3.8, 4) is 22.2 Å². The van der Waals surface area contributed by atoms with E-state index in [0.29, 0.717) is 28.7 Å². The molecule has 642 valence electrons. The number of primary amides is 3. The van der Waals surface area contributed by atoms with Crippen LogP contribution in [0.4, 0.5) is 10.6 Å². The molecule has 0 spiro atoms. The number of methoxy groups -OCH3 is 2. The summed E-state index contributed by atoms with van der Waals surface area (Å²) in [4.78, 5) is 135. The highest BCUT2D eigenvalue weighted by atomic mass is 32.1. The van der Waals surface area contributed by atoms with Gasteiger partial charge in [-0.15, -0.1) is 22.7 Å². The number of aliphatic hydroxyl groups excluding tert-OH is 8. The number of nitrogens with one attached hydrogen (secondary N) is 8. The van der Waals surface area contributed by atoms with E-state index in [9.17, 15) is 69.6 Å². The van der Waals surface area contributed by atoms with Gasteiger partial charge in [-0.1, -0.05) is 31.2 Å². The first-order valence-electron chi connectivity index (χ1n) is 37.5. The number of thiazole rings is 2. The van der Waals surface area contributed by atoms with Crippen LogP contribution in [0.1, 0.15) is 113 Å². The average molecular weight is 1680 g/mol. The summed E-state index contributed by atoms with van der Waals surface area (Å²) in [6.07, 6.45) is -22.6. The lowest BCUT2D eigenvalue weighted by atomic mass is 9.96. The minimum atomic E-state index is -2.21. The lowest BCUT2D eigenvalue weighted by Crippen LogP contribution is -2.65. The fourth-order valence-electron chi connectivity index (χ4n) is 12.6. The van der Waals surface area contributed by atoms with Crippen molar-refractivity contribution in [2.24, 2.45) is 28.9 Å². The molecule has 2 fully saturated rings. The molecule has 0 saturated carbocycles. The van der Waals surface area contributed by atoms with Crippen LogP contribution >= 0.6 is 22.7 Å². The number of nitrogen functional groups attached to an aromatic ring is 1. The third-order valence-corrected chi connectivity index (χ3v) is 21.1. The molecule has 19 atom stereocenters. The maximum absolute atomic E-state index is 15.3. The number of hydrogen-bond donors (Lipinski definition) is 21. The summed E-state index contributed by atoms with van der Waals surface area (Å²) in [7, 11) is 3.27.